The van der Waals surface area contributed by atoms with Gasteiger partial charge in [0.05, 0.1) is 5.56 Å². The van der Waals surface area contributed by atoms with Crippen molar-refractivity contribution in [2.45, 2.75) is 0 Å². The van der Waals surface area contributed by atoms with Crippen LogP contribution in [0.1, 0.15) is 10.4 Å². The second-order valence-corrected chi connectivity index (χ2v) is 2.41. The summed E-state index contributed by atoms with van der Waals surface area (Å²) in [4.78, 5) is 10.4. The van der Waals surface area contributed by atoms with Crippen molar-refractivity contribution in [3.63, 3.8) is 0 Å². The largest absolute Gasteiger partial charge is 0.504 e. The first kappa shape index (κ1) is 9.32. The molecule has 0 fully saturated rings. The summed E-state index contributed by atoms with van der Waals surface area (Å²) in [5.41, 5.74) is 0.224. The minimum atomic E-state index is -0.126. The van der Waals surface area contributed by atoms with Gasteiger partial charge in [0.25, 0.3) is 0 Å². The molecule has 68 valence electrons. The van der Waals surface area contributed by atoms with Crippen LogP contribution in [0.15, 0.2) is 30.9 Å². The molecule has 0 spiro atoms. The minimum absolute atomic E-state index is 0.126. The van der Waals surface area contributed by atoms with Gasteiger partial charge >= 0.3 is 0 Å². The molecule has 13 heavy (non-hydrogen) atoms. The van der Waals surface area contributed by atoms with Gasteiger partial charge in [-0.15, -0.1) is 0 Å². The van der Waals surface area contributed by atoms with Gasteiger partial charge < -0.3 is 9.84 Å². The van der Waals surface area contributed by atoms with Crippen molar-refractivity contribution in [1.29, 1.82) is 0 Å². The first-order valence-electron chi connectivity index (χ1n) is 3.80. The smallest absolute Gasteiger partial charge is 0.168 e. The maximum Gasteiger partial charge on any atom is 0.168 e. The summed E-state index contributed by atoms with van der Waals surface area (Å²) in [5, 5.41) is 9.42. The molecule has 1 rings (SSSR count). The molecule has 1 N–H and O–H groups in total. The zero-order valence-corrected chi connectivity index (χ0v) is 7.06. The molecule has 1 aromatic carbocycles. The Morgan fingerprint density at radius 2 is 2.31 bits per heavy atom. The number of aldehydes is 1. The highest BCUT2D eigenvalue weighted by Crippen LogP contribution is 2.28. The molecule has 0 heterocycles. The van der Waals surface area contributed by atoms with Gasteiger partial charge in [-0.1, -0.05) is 18.7 Å². The highest BCUT2D eigenvalue weighted by molar-refractivity contribution is 5.80. The maximum atomic E-state index is 10.4. The van der Waals surface area contributed by atoms with Gasteiger partial charge in [0.15, 0.2) is 17.8 Å². The molecular weight excluding hydrogens is 168 g/mol. The monoisotopic (exact) mass is 178 g/mol. The first-order valence-corrected chi connectivity index (χ1v) is 3.80. The molecule has 0 radical (unpaired) electrons. The van der Waals surface area contributed by atoms with Gasteiger partial charge in [0.1, 0.15) is 6.61 Å². The molecule has 0 aliphatic rings. The van der Waals surface area contributed by atoms with Crippen molar-refractivity contribution < 1.29 is 14.6 Å². The number of ether oxygens (including phenoxy) is 1. The van der Waals surface area contributed by atoms with E-state index in [1.807, 2.05) is 0 Å². The Kier molecular flexibility index (Phi) is 3.09. The average molecular weight is 178 g/mol. The third-order valence-electron chi connectivity index (χ3n) is 1.51. The second-order valence-electron chi connectivity index (χ2n) is 2.41. The van der Waals surface area contributed by atoms with Crippen molar-refractivity contribution in [1.82, 2.24) is 0 Å². The number of carbonyl (C=O) groups excluding carboxylic acids is 1. The molecule has 0 unspecified atom stereocenters. The first-order chi connectivity index (χ1) is 6.29. The molecule has 0 aromatic heterocycles. The molecule has 0 aliphatic heterocycles. The van der Waals surface area contributed by atoms with Gasteiger partial charge in [-0.2, -0.15) is 0 Å². The third kappa shape index (κ3) is 2.08. The van der Waals surface area contributed by atoms with Crippen LogP contribution in [0.5, 0.6) is 11.5 Å². The van der Waals surface area contributed by atoms with Crippen LogP contribution >= 0.6 is 0 Å². The van der Waals surface area contributed by atoms with E-state index in [-0.39, 0.29) is 11.3 Å². The quantitative estimate of drug-likeness (QED) is 0.564. The minimum Gasteiger partial charge on any atom is -0.504 e. The molecule has 0 saturated carbocycles. The van der Waals surface area contributed by atoms with E-state index in [0.717, 1.165) is 0 Å². The number of phenols is 1. The van der Waals surface area contributed by atoms with Crippen LogP contribution in [0.3, 0.4) is 0 Å². The van der Waals surface area contributed by atoms with Crippen LogP contribution in [0.25, 0.3) is 0 Å². The van der Waals surface area contributed by atoms with Gasteiger partial charge in [-0.05, 0) is 12.1 Å². The number of hydrogen-bond donors (Lipinski definition) is 1. The van der Waals surface area contributed by atoms with E-state index in [0.29, 0.717) is 18.6 Å². The number of phenolic OH excluding ortho intramolecular Hbond substituents is 1. The van der Waals surface area contributed by atoms with Crippen LogP contribution in [-0.2, 0) is 0 Å². The Hall–Kier alpha value is -1.77. The van der Waals surface area contributed by atoms with Gasteiger partial charge in [-0.25, -0.2) is 0 Å². The van der Waals surface area contributed by atoms with Gasteiger partial charge in [0.2, 0.25) is 0 Å². The number of carbonyl (C=O) groups is 1. The van der Waals surface area contributed by atoms with E-state index in [4.69, 9.17) is 4.74 Å². The van der Waals surface area contributed by atoms with Gasteiger partial charge in [0, 0.05) is 0 Å². The number of aromatic hydroxyl groups is 1. The van der Waals surface area contributed by atoms with Crippen LogP contribution in [-0.4, -0.2) is 18.0 Å². The normalized spacial score (nSPS) is 9.23. The lowest BCUT2D eigenvalue weighted by Gasteiger charge is -2.06. The molecular formula is C10H10O3. The molecule has 0 saturated heterocycles. The van der Waals surface area contributed by atoms with Crippen LogP contribution in [0.4, 0.5) is 0 Å². The Bertz CT molecular complexity index is 318. The van der Waals surface area contributed by atoms with Crippen molar-refractivity contribution in [2.24, 2.45) is 0 Å². The van der Waals surface area contributed by atoms with Crippen LogP contribution in [0, 0.1) is 0 Å². The summed E-state index contributed by atoms with van der Waals surface area (Å²) >= 11 is 0. The van der Waals surface area contributed by atoms with Crippen molar-refractivity contribution in [3.05, 3.63) is 36.4 Å². The molecule has 0 amide bonds. The predicted octanol–water partition coefficient (Wildman–Crippen LogP) is 1.77. The number of para-hydroxylation sites is 1. The zero-order valence-electron chi connectivity index (χ0n) is 7.06. The molecule has 1 aromatic rings. The lowest BCUT2D eigenvalue weighted by Crippen LogP contribution is -1.94. The summed E-state index contributed by atoms with van der Waals surface area (Å²) in [6.45, 7) is 3.77. The number of benzene rings is 1. The lowest BCUT2D eigenvalue weighted by atomic mass is 10.2. The Labute approximate surface area is 76.3 Å². The van der Waals surface area contributed by atoms with E-state index in [1.165, 1.54) is 6.07 Å². The Morgan fingerprint density at radius 1 is 1.54 bits per heavy atom. The molecule has 0 atom stereocenters. The number of hydrogen-bond acceptors (Lipinski definition) is 3. The fraction of sp³-hybridized carbons (Fsp3) is 0.100. The SMILES string of the molecule is C=CCOc1cccc(C=O)c1O. The highest BCUT2D eigenvalue weighted by Gasteiger charge is 2.05. The van der Waals surface area contributed by atoms with Crippen LogP contribution in [0.2, 0.25) is 0 Å². The zero-order chi connectivity index (χ0) is 9.68. The summed E-state index contributed by atoms with van der Waals surface area (Å²) in [7, 11) is 0. The maximum absolute atomic E-state index is 10.4. The van der Waals surface area contributed by atoms with E-state index in [2.05, 4.69) is 6.58 Å². The lowest BCUT2D eigenvalue weighted by molar-refractivity contribution is 0.112. The summed E-state index contributed by atoms with van der Waals surface area (Å²) in [6, 6.07) is 4.75. The van der Waals surface area contributed by atoms with Crippen molar-refractivity contribution >= 4 is 6.29 Å². The third-order valence-corrected chi connectivity index (χ3v) is 1.51. The molecule has 0 bridgehead atoms. The molecule has 3 nitrogen and oxygen atoms in total. The second kappa shape index (κ2) is 4.30. The summed E-state index contributed by atoms with van der Waals surface area (Å²) < 4.78 is 5.10. The Balaban J connectivity index is 2.93. The topological polar surface area (TPSA) is 46.5 Å². The average Bonchev–Trinajstić information content (AvgIpc) is 2.16. The standard InChI is InChI=1S/C10H10O3/c1-2-6-13-9-5-3-4-8(7-11)10(9)12/h2-5,7,12H,1,6H2. The van der Waals surface area contributed by atoms with E-state index in [9.17, 15) is 9.90 Å². The molecule has 3 heteroatoms. The van der Waals surface area contributed by atoms with E-state index in [1.54, 1.807) is 18.2 Å². The summed E-state index contributed by atoms with van der Waals surface area (Å²) in [6.07, 6.45) is 2.14. The fourth-order valence-corrected chi connectivity index (χ4v) is 0.900. The Morgan fingerprint density at radius 3 is 2.92 bits per heavy atom. The van der Waals surface area contributed by atoms with Gasteiger partial charge in [-0.3, -0.25) is 4.79 Å². The highest BCUT2D eigenvalue weighted by atomic mass is 16.5. The van der Waals surface area contributed by atoms with Crippen molar-refractivity contribution in [2.75, 3.05) is 6.61 Å². The van der Waals surface area contributed by atoms with Crippen LogP contribution < -0.4 is 4.74 Å². The fourth-order valence-electron chi connectivity index (χ4n) is 0.900. The van der Waals surface area contributed by atoms with E-state index >= 15 is 0 Å². The number of rotatable bonds is 4. The summed E-state index contributed by atoms with van der Waals surface area (Å²) in [5.74, 6) is 0.170. The molecule has 0 aliphatic carbocycles. The predicted molar refractivity (Wildman–Crippen MR) is 49.2 cm³/mol. The van der Waals surface area contributed by atoms with E-state index < -0.39 is 0 Å². The van der Waals surface area contributed by atoms with Crippen molar-refractivity contribution in [3.8, 4) is 11.5 Å².